The topological polar surface area (TPSA) is 99.2 Å². The number of hydrogen-bond acceptors (Lipinski definition) is 6. The van der Waals surface area contributed by atoms with Crippen molar-refractivity contribution in [3.63, 3.8) is 0 Å². The summed E-state index contributed by atoms with van der Waals surface area (Å²) in [4.78, 5) is 39.1. The van der Waals surface area contributed by atoms with Gasteiger partial charge in [0.2, 0.25) is 5.91 Å². The highest BCUT2D eigenvalue weighted by Crippen LogP contribution is 2.31. The Hall–Kier alpha value is -5.21. The molecule has 2 atom stereocenters. The van der Waals surface area contributed by atoms with Gasteiger partial charge in [0.05, 0.1) is 6.61 Å². The van der Waals surface area contributed by atoms with Gasteiger partial charge in [-0.15, -0.1) is 0 Å². The number of aldehydes is 1. The van der Waals surface area contributed by atoms with Crippen molar-refractivity contribution in [3.8, 4) is 11.5 Å². The van der Waals surface area contributed by atoms with Crippen LogP contribution in [0.25, 0.3) is 5.70 Å². The number of rotatable bonds is 15. The van der Waals surface area contributed by atoms with Crippen molar-refractivity contribution in [2.75, 3.05) is 33.3 Å². The summed E-state index contributed by atoms with van der Waals surface area (Å²) in [5.41, 5.74) is 9.13. The zero-order chi connectivity index (χ0) is 37.9. The summed E-state index contributed by atoms with van der Waals surface area (Å²) in [5, 5.41) is 13.4. The molecule has 8 heteroatoms. The van der Waals surface area contributed by atoms with Crippen LogP contribution >= 0.6 is 0 Å². The Bertz CT molecular complexity index is 1870. The molecule has 2 heterocycles. The molecule has 0 aromatic heterocycles. The first-order valence-corrected chi connectivity index (χ1v) is 18.6. The summed E-state index contributed by atoms with van der Waals surface area (Å²) in [6, 6.07) is 28.1. The van der Waals surface area contributed by atoms with E-state index in [-0.39, 0.29) is 29.5 Å². The quantitative estimate of drug-likeness (QED) is 0.127. The van der Waals surface area contributed by atoms with E-state index in [1.54, 1.807) is 17.0 Å². The van der Waals surface area contributed by atoms with Gasteiger partial charge in [0.1, 0.15) is 17.8 Å². The summed E-state index contributed by atoms with van der Waals surface area (Å²) >= 11 is 0. The van der Waals surface area contributed by atoms with Gasteiger partial charge < -0.3 is 29.8 Å². The largest absolute Gasteiger partial charge is 0.508 e. The fraction of sp³-hybridized carbons (Fsp3) is 0.356. The van der Waals surface area contributed by atoms with Crippen LogP contribution in [0.3, 0.4) is 0 Å². The van der Waals surface area contributed by atoms with Crippen LogP contribution in [0.4, 0.5) is 0 Å². The van der Waals surface area contributed by atoms with E-state index < -0.39 is 0 Å². The van der Waals surface area contributed by atoms with Gasteiger partial charge in [-0.3, -0.25) is 9.59 Å². The number of aromatic hydroxyl groups is 1. The highest BCUT2D eigenvalue weighted by molar-refractivity contribution is 6.08. The van der Waals surface area contributed by atoms with Gasteiger partial charge in [0, 0.05) is 61.8 Å². The Morgan fingerprint density at radius 1 is 0.981 bits per heavy atom. The standard InChI is InChI=1S/C33H42N2O3.C12H11NO2/c1-23-18-24(2)31(36)21-28(23)11-13-33(37)34-30(20-26-8-6-5-7-9-26)25(3)22-35(4)16-14-27-10-12-32-29(19-27)15-17-38-32;1-9-10-5-2-3-6-11(10)12(15)13(9)7-4-8-14/h5-10,12,18-19,21,25,30,36H,11,13-17,20,22H2,1-4H3,(H,34,37);2-3,5-6,8H,1,4,7H2/t25?,30-;/m0./s1. The molecule has 2 aliphatic heterocycles. The molecule has 0 radical (unpaired) electrons. The molecule has 2 aliphatic rings. The van der Waals surface area contributed by atoms with Crippen molar-refractivity contribution in [1.82, 2.24) is 15.1 Å². The molecule has 0 fully saturated rings. The minimum atomic E-state index is -0.0579. The average molecular weight is 716 g/mol. The zero-order valence-electron chi connectivity index (χ0n) is 31.6. The first-order chi connectivity index (χ1) is 25.5. The maximum absolute atomic E-state index is 13.1. The van der Waals surface area contributed by atoms with Crippen molar-refractivity contribution in [3.05, 3.63) is 136 Å². The predicted octanol–water partition coefficient (Wildman–Crippen LogP) is 7.12. The lowest BCUT2D eigenvalue weighted by Crippen LogP contribution is -2.44. The molecule has 0 saturated carbocycles. The maximum Gasteiger partial charge on any atom is 0.258 e. The van der Waals surface area contributed by atoms with Gasteiger partial charge >= 0.3 is 0 Å². The van der Waals surface area contributed by atoms with Crippen molar-refractivity contribution >= 4 is 23.8 Å². The first kappa shape index (κ1) is 39.0. The Kier molecular flexibility index (Phi) is 13.6. The molecule has 53 heavy (non-hydrogen) atoms. The number of benzene rings is 4. The van der Waals surface area contributed by atoms with Crippen molar-refractivity contribution < 1.29 is 24.2 Å². The number of nitrogens with one attached hydrogen (secondary N) is 1. The highest BCUT2D eigenvalue weighted by Gasteiger charge is 2.29. The molecule has 2 N–H and O–H groups in total. The molecule has 4 aromatic carbocycles. The highest BCUT2D eigenvalue weighted by atomic mass is 16.5. The number of carbonyl (C=O) groups excluding carboxylic acids is 3. The maximum atomic E-state index is 13.1. The third kappa shape index (κ3) is 10.4. The average Bonchev–Trinajstić information content (AvgIpc) is 3.72. The SMILES string of the molecule is C=C1c2ccccc2C(=O)N1CCC=O.Cc1cc(C)c(CCC(=O)N[C@@H](Cc2ccccc2)C(C)CN(C)CCc2ccc3c(c2)CCO3)cc1O. The Morgan fingerprint density at radius 3 is 2.45 bits per heavy atom. The number of likely N-dealkylation sites (N-methyl/N-ethyl adjacent to an activating group) is 1. The second-order valence-corrected chi connectivity index (χ2v) is 14.4. The van der Waals surface area contributed by atoms with Crippen molar-refractivity contribution in [2.24, 2.45) is 5.92 Å². The third-order valence-corrected chi connectivity index (χ3v) is 10.3. The number of aryl methyl sites for hydroxylation is 3. The normalized spacial score (nSPS) is 14.2. The number of carbonyl (C=O) groups is 3. The minimum Gasteiger partial charge on any atom is -0.508 e. The number of amides is 2. The monoisotopic (exact) mass is 715 g/mol. The van der Waals surface area contributed by atoms with Gasteiger partial charge in [0.15, 0.2) is 0 Å². The lowest BCUT2D eigenvalue weighted by atomic mass is 9.93. The number of nitrogens with zero attached hydrogens (tertiary/aromatic N) is 2. The van der Waals surface area contributed by atoms with Crippen molar-refractivity contribution in [2.45, 2.75) is 65.3 Å². The van der Waals surface area contributed by atoms with E-state index in [0.29, 0.717) is 37.1 Å². The predicted molar refractivity (Wildman–Crippen MR) is 211 cm³/mol. The first-order valence-electron chi connectivity index (χ1n) is 18.6. The molecule has 4 aromatic rings. The molecule has 0 spiro atoms. The molecule has 8 nitrogen and oxygen atoms in total. The number of fused-ring (bicyclic) bond motifs is 2. The number of phenolic OH excluding ortho intramolecular Hbond substituents is 1. The molecular formula is C45H53N3O5. The van der Waals surface area contributed by atoms with E-state index in [4.69, 9.17) is 4.74 Å². The second-order valence-electron chi connectivity index (χ2n) is 14.4. The molecular weight excluding hydrogens is 663 g/mol. The second kappa shape index (κ2) is 18.5. The summed E-state index contributed by atoms with van der Waals surface area (Å²) in [6.07, 6.45) is 4.97. The van der Waals surface area contributed by atoms with Gasteiger partial charge in [-0.05, 0) is 97.7 Å². The molecule has 0 saturated heterocycles. The summed E-state index contributed by atoms with van der Waals surface area (Å²) in [6.45, 7) is 13.1. The fourth-order valence-corrected chi connectivity index (χ4v) is 7.12. The van der Waals surface area contributed by atoms with Crippen LogP contribution in [0, 0.1) is 19.8 Å². The van der Waals surface area contributed by atoms with Crippen LogP contribution in [-0.4, -0.2) is 72.3 Å². The van der Waals surface area contributed by atoms with Crippen LogP contribution in [0.15, 0.2) is 91.5 Å². The van der Waals surface area contributed by atoms with E-state index >= 15 is 0 Å². The molecule has 0 aliphatic carbocycles. The van der Waals surface area contributed by atoms with Crippen LogP contribution in [0.5, 0.6) is 11.5 Å². The van der Waals surface area contributed by atoms with Crippen LogP contribution in [0.2, 0.25) is 0 Å². The summed E-state index contributed by atoms with van der Waals surface area (Å²) < 4.78 is 5.64. The lowest BCUT2D eigenvalue weighted by Gasteiger charge is -2.29. The van der Waals surface area contributed by atoms with E-state index in [2.05, 4.69) is 73.2 Å². The van der Waals surface area contributed by atoms with Crippen LogP contribution < -0.4 is 10.1 Å². The molecule has 6 rings (SSSR count). The number of hydrogen-bond donors (Lipinski definition) is 2. The molecule has 0 bridgehead atoms. The Balaban J connectivity index is 0.000000300. The van der Waals surface area contributed by atoms with Gasteiger partial charge in [0.25, 0.3) is 5.91 Å². The summed E-state index contributed by atoms with van der Waals surface area (Å²) in [7, 11) is 2.17. The van der Waals surface area contributed by atoms with Crippen LogP contribution in [-0.2, 0) is 35.3 Å². The van der Waals surface area contributed by atoms with Crippen molar-refractivity contribution in [1.29, 1.82) is 0 Å². The third-order valence-electron chi connectivity index (χ3n) is 10.3. The van der Waals surface area contributed by atoms with Crippen LogP contribution in [0.1, 0.15) is 69.1 Å². The lowest BCUT2D eigenvalue weighted by molar-refractivity contribution is -0.122. The fourth-order valence-electron chi connectivity index (χ4n) is 7.12. The Morgan fingerprint density at radius 2 is 1.72 bits per heavy atom. The number of phenols is 1. The van der Waals surface area contributed by atoms with E-state index in [1.807, 2.05) is 44.2 Å². The van der Waals surface area contributed by atoms with Gasteiger partial charge in [-0.25, -0.2) is 0 Å². The molecule has 2 amide bonds. The minimum absolute atomic E-state index is 0.0389. The smallest absolute Gasteiger partial charge is 0.258 e. The molecule has 1 unspecified atom stereocenters. The van der Waals surface area contributed by atoms with E-state index in [0.717, 1.165) is 73.2 Å². The zero-order valence-corrected chi connectivity index (χ0v) is 31.6. The van der Waals surface area contributed by atoms with E-state index in [1.165, 1.54) is 16.7 Å². The van der Waals surface area contributed by atoms with E-state index in [9.17, 15) is 19.5 Å². The Labute approximate surface area is 314 Å². The molecule has 278 valence electrons. The van der Waals surface area contributed by atoms with Gasteiger partial charge in [-0.1, -0.05) is 80.2 Å². The number of ether oxygens (including phenoxy) is 1. The summed E-state index contributed by atoms with van der Waals surface area (Å²) in [5.74, 6) is 1.60. The van der Waals surface area contributed by atoms with Gasteiger partial charge in [-0.2, -0.15) is 0 Å².